The van der Waals surface area contributed by atoms with Crippen molar-refractivity contribution >= 4 is 18.0 Å². The van der Waals surface area contributed by atoms with Gasteiger partial charge in [0.15, 0.2) is 0 Å². The van der Waals surface area contributed by atoms with Gasteiger partial charge >= 0.3 is 0 Å². The number of aliphatic hydroxyl groups is 2. The Hall–Kier alpha value is -2.43. The molecule has 0 amide bonds. The van der Waals surface area contributed by atoms with Gasteiger partial charge in [-0.25, -0.2) is 0 Å². The Kier molecular flexibility index (Phi) is 10.7. The number of rotatable bonds is 12. The molecule has 0 aromatic heterocycles. The normalized spacial score (nSPS) is 12.0. The summed E-state index contributed by atoms with van der Waals surface area (Å²) >= 11 is 0. The average Bonchev–Trinajstić information content (AvgIpc) is 2.64. The first-order valence-corrected chi connectivity index (χ1v) is 8.43. The van der Waals surface area contributed by atoms with Crippen LogP contribution in [-0.2, 0) is 0 Å². The van der Waals surface area contributed by atoms with E-state index in [9.17, 15) is 0 Å². The van der Waals surface area contributed by atoms with Crippen LogP contribution in [0.4, 0.5) is 5.69 Å². The standard InChI is InChI=1S/C21H28N2O2/c1-3-5-13-22-14-12-19(4-2)6-7-20-8-10-21(11-9-20)23(15-17-24)16-18-25/h3-4,6-12,14,24-25H,1-2,5,13,15-18H2. The Morgan fingerprint density at radius 3 is 2.32 bits per heavy atom. The summed E-state index contributed by atoms with van der Waals surface area (Å²) in [6.45, 7) is 9.35. The molecule has 0 bridgehead atoms. The van der Waals surface area contributed by atoms with Crippen molar-refractivity contribution in [1.29, 1.82) is 0 Å². The zero-order chi connectivity index (χ0) is 18.3. The van der Waals surface area contributed by atoms with Crippen molar-refractivity contribution in [2.75, 3.05) is 37.7 Å². The molecular formula is C21H28N2O2. The molecule has 1 aromatic carbocycles. The van der Waals surface area contributed by atoms with Gasteiger partial charge in [-0.3, -0.25) is 4.99 Å². The number of hydrogen-bond acceptors (Lipinski definition) is 4. The van der Waals surface area contributed by atoms with E-state index >= 15 is 0 Å². The molecule has 0 unspecified atom stereocenters. The monoisotopic (exact) mass is 340 g/mol. The molecule has 0 saturated carbocycles. The lowest BCUT2D eigenvalue weighted by Crippen LogP contribution is -2.29. The molecule has 4 heteroatoms. The molecule has 0 saturated heterocycles. The van der Waals surface area contributed by atoms with E-state index in [0.29, 0.717) is 13.1 Å². The second-order valence-corrected chi connectivity index (χ2v) is 5.36. The minimum Gasteiger partial charge on any atom is -0.395 e. The van der Waals surface area contributed by atoms with Crippen LogP contribution in [0, 0.1) is 0 Å². The van der Waals surface area contributed by atoms with Crippen LogP contribution < -0.4 is 4.90 Å². The van der Waals surface area contributed by atoms with E-state index in [1.54, 1.807) is 12.3 Å². The third-order valence-corrected chi connectivity index (χ3v) is 3.54. The van der Waals surface area contributed by atoms with E-state index in [4.69, 9.17) is 10.2 Å². The highest BCUT2D eigenvalue weighted by atomic mass is 16.3. The first kappa shape index (κ1) is 20.6. The largest absolute Gasteiger partial charge is 0.395 e. The zero-order valence-corrected chi connectivity index (χ0v) is 14.7. The van der Waals surface area contributed by atoms with Gasteiger partial charge in [-0.1, -0.05) is 43.0 Å². The lowest BCUT2D eigenvalue weighted by molar-refractivity contribution is 0.281. The summed E-state index contributed by atoms with van der Waals surface area (Å²) in [5, 5.41) is 18.2. The molecule has 2 N–H and O–H groups in total. The number of hydrogen-bond donors (Lipinski definition) is 2. The third kappa shape index (κ3) is 8.29. The number of allylic oxidation sites excluding steroid dienone is 4. The number of aliphatic hydroxyl groups excluding tert-OH is 2. The van der Waals surface area contributed by atoms with Crippen molar-refractivity contribution in [3.63, 3.8) is 0 Å². The van der Waals surface area contributed by atoms with Gasteiger partial charge < -0.3 is 15.1 Å². The molecule has 134 valence electrons. The summed E-state index contributed by atoms with van der Waals surface area (Å²) in [6, 6.07) is 7.98. The van der Waals surface area contributed by atoms with Crippen LogP contribution in [-0.4, -0.2) is 49.3 Å². The molecule has 1 aromatic rings. The Balaban J connectivity index is 2.72. The van der Waals surface area contributed by atoms with E-state index in [1.807, 2.05) is 53.5 Å². The minimum absolute atomic E-state index is 0.0590. The molecular weight excluding hydrogens is 312 g/mol. The van der Waals surface area contributed by atoms with Crippen LogP contribution in [0.25, 0.3) is 6.08 Å². The summed E-state index contributed by atoms with van der Waals surface area (Å²) in [4.78, 5) is 6.22. The molecule has 25 heavy (non-hydrogen) atoms. The number of nitrogens with zero attached hydrogens (tertiary/aromatic N) is 2. The van der Waals surface area contributed by atoms with Gasteiger partial charge in [0.25, 0.3) is 0 Å². The van der Waals surface area contributed by atoms with Crippen LogP contribution in [0.2, 0.25) is 0 Å². The smallest absolute Gasteiger partial charge is 0.0606 e. The van der Waals surface area contributed by atoms with E-state index in [1.165, 1.54) is 0 Å². The summed E-state index contributed by atoms with van der Waals surface area (Å²) in [5.41, 5.74) is 3.02. The molecule has 0 aliphatic rings. The highest BCUT2D eigenvalue weighted by Gasteiger charge is 2.04. The molecule has 0 radical (unpaired) electrons. The lowest BCUT2D eigenvalue weighted by Gasteiger charge is -2.22. The second kappa shape index (κ2) is 12.9. The molecule has 0 atom stereocenters. The quantitative estimate of drug-likeness (QED) is 0.266. The summed E-state index contributed by atoms with van der Waals surface area (Å²) in [6.07, 6.45) is 12.2. The average molecular weight is 340 g/mol. The van der Waals surface area contributed by atoms with E-state index in [0.717, 1.165) is 29.8 Å². The molecule has 4 nitrogen and oxygen atoms in total. The maximum atomic E-state index is 9.10. The summed E-state index contributed by atoms with van der Waals surface area (Å²) in [5.74, 6) is 0. The van der Waals surface area contributed by atoms with Crippen molar-refractivity contribution in [1.82, 2.24) is 0 Å². The second-order valence-electron chi connectivity index (χ2n) is 5.36. The van der Waals surface area contributed by atoms with Crippen LogP contribution >= 0.6 is 0 Å². The fourth-order valence-electron chi connectivity index (χ4n) is 2.17. The third-order valence-electron chi connectivity index (χ3n) is 3.54. The highest BCUT2D eigenvalue weighted by molar-refractivity contribution is 5.75. The lowest BCUT2D eigenvalue weighted by atomic mass is 10.1. The van der Waals surface area contributed by atoms with Crippen LogP contribution in [0.3, 0.4) is 0 Å². The number of anilines is 1. The van der Waals surface area contributed by atoms with Crippen molar-refractivity contribution in [3.05, 3.63) is 72.9 Å². The zero-order valence-electron chi connectivity index (χ0n) is 14.7. The van der Waals surface area contributed by atoms with Crippen molar-refractivity contribution in [3.8, 4) is 0 Å². The van der Waals surface area contributed by atoms with Crippen molar-refractivity contribution in [2.45, 2.75) is 6.42 Å². The summed E-state index contributed by atoms with van der Waals surface area (Å²) in [7, 11) is 0. The van der Waals surface area contributed by atoms with Gasteiger partial charge in [0.2, 0.25) is 0 Å². The highest BCUT2D eigenvalue weighted by Crippen LogP contribution is 2.16. The van der Waals surface area contributed by atoms with Crippen LogP contribution in [0.1, 0.15) is 12.0 Å². The van der Waals surface area contributed by atoms with Gasteiger partial charge in [-0.15, -0.1) is 6.58 Å². The van der Waals surface area contributed by atoms with Crippen LogP contribution in [0.5, 0.6) is 0 Å². The maximum Gasteiger partial charge on any atom is 0.0606 e. The first-order valence-electron chi connectivity index (χ1n) is 8.43. The Bertz CT molecular complexity index is 595. The molecule has 0 fully saturated rings. The van der Waals surface area contributed by atoms with Crippen LogP contribution in [0.15, 0.2) is 72.3 Å². The van der Waals surface area contributed by atoms with E-state index in [2.05, 4.69) is 18.2 Å². The number of benzene rings is 1. The van der Waals surface area contributed by atoms with E-state index < -0.39 is 0 Å². The SMILES string of the molecule is C=CCCN=CC=C(C=C)C=Cc1ccc(N(CCO)CCO)cc1. The molecule has 0 aliphatic heterocycles. The predicted octanol–water partition coefficient (Wildman–Crippen LogP) is 3.25. The van der Waals surface area contributed by atoms with Gasteiger partial charge in [-0.05, 0) is 35.8 Å². The van der Waals surface area contributed by atoms with Crippen molar-refractivity contribution in [2.24, 2.45) is 4.99 Å². The molecule has 0 spiro atoms. The summed E-state index contributed by atoms with van der Waals surface area (Å²) < 4.78 is 0. The van der Waals surface area contributed by atoms with Crippen molar-refractivity contribution < 1.29 is 10.2 Å². The maximum absolute atomic E-state index is 9.10. The fraction of sp³-hybridized carbons (Fsp3) is 0.286. The van der Waals surface area contributed by atoms with Gasteiger partial charge in [0.1, 0.15) is 0 Å². The first-order chi connectivity index (χ1) is 12.2. The predicted molar refractivity (Wildman–Crippen MR) is 108 cm³/mol. The van der Waals surface area contributed by atoms with Gasteiger partial charge in [0.05, 0.1) is 13.2 Å². The Morgan fingerprint density at radius 1 is 1.08 bits per heavy atom. The van der Waals surface area contributed by atoms with Gasteiger partial charge in [0, 0.05) is 31.5 Å². The Labute approximate surface area is 150 Å². The Morgan fingerprint density at radius 2 is 1.76 bits per heavy atom. The molecule has 1 rings (SSSR count). The minimum atomic E-state index is 0.0590. The van der Waals surface area contributed by atoms with E-state index in [-0.39, 0.29) is 13.2 Å². The fourth-order valence-corrected chi connectivity index (χ4v) is 2.17. The van der Waals surface area contributed by atoms with Gasteiger partial charge in [-0.2, -0.15) is 0 Å². The molecule has 0 heterocycles. The number of aliphatic imine (C=N–C) groups is 1. The topological polar surface area (TPSA) is 56.1 Å². The molecule has 0 aliphatic carbocycles.